The van der Waals surface area contributed by atoms with E-state index in [1.807, 2.05) is 0 Å². The number of aliphatic hydroxyl groups is 1. The Morgan fingerprint density at radius 3 is 2.92 bits per heavy atom. The molecule has 0 spiro atoms. The van der Waals surface area contributed by atoms with E-state index in [0.29, 0.717) is 5.75 Å². The Morgan fingerprint density at radius 2 is 2.42 bits per heavy atom. The standard InChI is InChI=1S/C7H7BrO4/c1-11-5-2-4(3-9)12-7(10)6(5)8/h2,9H,3H2,1H3. The summed E-state index contributed by atoms with van der Waals surface area (Å²) in [5.41, 5.74) is -0.557. The van der Waals surface area contributed by atoms with Crippen molar-refractivity contribution in [1.82, 2.24) is 0 Å². The first kappa shape index (κ1) is 9.28. The Balaban J connectivity index is 3.29. The number of ether oxygens (including phenoxy) is 1. The number of aliphatic hydroxyl groups excluding tert-OH is 1. The van der Waals surface area contributed by atoms with Gasteiger partial charge in [-0.1, -0.05) is 0 Å². The first-order valence-electron chi connectivity index (χ1n) is 3.16. The van der Waals surface area contributed by atoms with Crippen LogP contribution in [0, 0.1) is 0 Å². The predicted octanol–water partition coefficient (Wildman–Crippen LogP) is 0.903. The van der Waals surface area contributed by atoms with Crippen LogP contribution in [0.3, 0.4) is 0 Å². The molecule has 0 atom stereocenters. The van der Waals surface area contributed by atoms with E-state index >= 15 is 0 Å². The summed E-state index contributed by atoms with van der Waals surface area (Å²) in [6.45, 7) is -0.321. The van der Waals surface area contributed by atoms with Gasteiger partial charge in [-0.3, -0.25) is 0 Å². The minimum absolute atomic E-state index is 0.181. The molecule has 0 aliphatic carbocycles. The van der Waals surface area contributed by atoms with E-state index in [1.54, 1.807) is 0 Å². The molecule has 66 valence electrons. The average molecular weight is 235 g/mol. The third-order valence-corrected chi connectivity index (χ3v) is 2.00. The van der Waals surface area contributed by atoms with Crippen molar-refractivity contribution in [3.8, 4) is 5.75 Å². The molecular weight excluding hydrogens is 228 g/mol. The van der Waals surface area contributed by atoms with Crippen molar-refractivity contribution in [2.24, 2.45) is 0 Å². The molecule has 0 bridgehead atoms. The summed E-state index contributed by atoms with van der Waals surface area (Å²) < 4.78 is 9.74. The second kappa shape index (κ2) is 3.73. The number of hydrogen-bond acceptors (Lipinski definition) is 4. The zero-order valence-corrected chi connectivity index (χ0v) is 7.92. The van der Waals surface area contributed by atoms with Gasteiger partial charge >= 0.3 is 5.63 Å². The van der Waals surface area contributed by atoms with Gasteiger partial charge in [0.15, 0.2) is 0 Å². The van der Waals surface area contributed by atoms with Gasteiger partial charge in [0.2, 0.25) is 0 Å². The molecule has 4 nitrogen and oxygen atoms in total. The highest BCUT2D eigenvalue weighted by atomic mass is 79.9. The smallest absolute Gasteiger partial charge is 0.354 e. The molecular formula is C7H7BrO4. The van der Waals surface area contributed by atoms with Crippen LogP contribution in [-0.2, 0) is 6.61 Å². The second-order valence-electron chi connectivity index (χ2n) is 2.04. The Bertz CT molecular complexity index is 331. The zero-order valence-electron chi connectivity index (χ0n) is 6.33. The molecule has 1 heterocycles. The van der Waals surface area contributed by atoms with Gasteiger partial charge in [-0.25, -0.2) is 4.79 Å². The van der Waals surface area contributed by atoms with Crippen molar-refractivity contribution in [3.05, 3.63) is 26.7 Å². The molecule has 0 aromatic carbocycles. The van der Waals surface area contributed by atoms with E-state index in [-0.39, 0.29) is 16.8 Å². The summed E-state index contributed by atoms with van der Waals surface area (Å²) in [6, 6.07) is 1.45. The molecule has 0 saturated heterocycles. The van der Waals surface area contributed by atoms with E-state index in [0.717, 1.165) is 0 Å². The van der Waals surface area contributed by atoms with E-state index in [2.05, 4.69) is 20.3 Å². The van der Waals surface area contributed by atoms with Gasteiger partial charge in [-0.15, -0.1) is 0 Å². The minimum atomic E-state index is -0.557. The van der Waals surface area contributed by atoms with Gasteiger partial charge in [0.1, 0.15) is 22.6 Å². The van der Waals surface area contributed by atoms with Crippen LogP contribution >= 0.6 is 15.9 Å². The summed E-state index contributed by atoms with van der Waals surface area (Å²) in [4.78, 5) is 11.0. The number of halogens is 1. The van der Waals surface area contributed by atoms with Crippen molar-refractivity contribution in [3.63, 3.8) is 0 Å². The average Bonchev–Trinajstić information content (AvgIpc) is 2.09. The molecule has 0 unspecified atom stereocenters. The van der Waals surface area contributed by atoms with Gasteiger partial charge in [-0.05, 0) is 15.9 Å². The van der Waals surface area contributed by atoms with Crippen LogP contribution in [0.1, 0.15) is 5.76 Å². The van der Waals surface area contributed by atoms with Gasteiger partial charge in [0, 0.05) is 6.07 Å². The molecule has 1 N–H and O–H groups in total. The number of methoxy groups -OCH3 is 1. The van der Waals surface area contributed by atoms with Gasteiger partial charge in [0.25, 0.3) is 0 Å². The molecule has 1 aromatic rings. The quantitative estimate of drug-likeness (QED) is 0.827. The summed E-state index contributed by atoms with van der Waals surface area (Å²) in [7, 11) is 1.43. The summed E-state index contributed by atoms with van der Waals surface area (Å²) >= 11 is 2.99. The van der Waals surface area contributed by atoms with Crippen molar-refractivity contribution in [1.29, 1.82) is 0 Å². The van der Waals surface area contributed by atoms with Gasteiger partial charge < -0.3 is 14.3 Å². The topological polar surface area (TPSA) is 59.7 Å². The fourth-order valence-electron chi connectivity index (χ4n) is 0.730. The van der Waals surface area contributed by atoms with Crippen molar-refractivity contribution >= 4 is 15.9 Å². The van der Waals surface area contributed by atoms with Crippen molar-refractivity contribution in [2.75, 3.05) is 7.11 Å². The predicted molar refractivity (Wildman–Crippen MR) is 45.2 cm³/mol. The first-order valence-corrected chi connectivity index (χ1v) is 3.95. The monoisotopic (exact) mass is 234 g/mol. The highest BCUT2D eigenvalue weighted by Gasteiger charge is 2.08. The summed E-state index contributed by atoms with van der Waals surface area (Å²) in [5, 5.41) is 8.67. The minimum Gasteiger partial charge on any atom is -0.495 e. The van der Waals surface area contributed by atoms with Crippen LogP contribution in [0.25, 0.3) is 0 Å². The number of rotatable bonds is 2. The first-order chi connectivity index (χ1) is 5.69. The molecule has 0 saturated carbocycles. The maximum Gasteiger partial charge on any atom is 0.354 e. The van der Waals surface area contributed by atoms with Gasteiger partial charge in [-0.2, -0.15) is 0 Å². The van der Waals surface area contributed by atoms with Gasteiger partial charge in [0.05, 0.1) is 7.11 Å². The molecule has 12 heavy (non-hydrogen) atoms. The van der Waals surface area contributed by atoms with E-state index < -0.39 is 5.63 Å². The van der Waals surface area contributed by atoms with Crippen LogP contribution in [0.2, 0.25) is 0 Å². The number of hydrogen-bond donors (Lipinski definition) is 1. The Morgan fingerprint density at radius 1 is 1.75 bits per heavy atom. The lowest BCUT2D eigenvalue weighted by Crippen LogP contribution is -2.04. The summed E-state index contributed by atoms with van der Waals surface area (Å²) in [6.07, 6.45) is 0. The van der Waals surface area contributed by atoms with E-state index in [4.69, 9.17) is 9.84 Å². The largest absolute Gasteiger partial charge is 0.495 e. The maximum absolute atomic E-state index is 11.0. The zero-order chi connectivity index (χ0) is 9.14. The SMILES string of the molecule is COc1cc(CO)oc(=O)c1Br. The molecule has 0 radical (unpaired) electrons. The molecule has 1 aromatic heterocycles. The van der Waals surface area contributed by atoms with Crippen LogP contribution in [0.15, 0.2) is 19.8 Å². The third kappa shape index (κ3) is 1.67. The molecule has 0 amide bonds. The highest BCUT2D eigenvalue weighted by molar-refractivity contribution is 9.10. The normalized spacial score (nSPS) is 9.92. The van der Waals surface area contributed by atoms with Crippen LogP contribution < -0.4 is 10.4 Å². The second-order valence-corrected chi connectivity index (χ2v) is 2.83. The molecule has 5 heteroatoms. The fourth-order valence-corrected chi connectivity index (χ4v) is 1.09. The third-order valence-electron chi connectivity index (χ3n) is 1.29. The highest BCUT2D eigenvalue weighted by Crippen LogP contribution is 2.21. The van der Waals surface area contributed by atoms with Crippen LogP contribution in [0.5, 0.6) is 5.75 Å². The molecule has 0 aliphatic heterocycles. The molecule has 0 aliphatic rings. The summed E-state index contributed by atoms with van der Waals surface area (Å²) in [5.74, 6) is 0.537. The Hall–Kier alpha value is -0.810. The lowest BCUT2D eigenvalue weighted by molar-refractivity contribution is 0.237. The van der Waals surface area contributed by atoms with E-state index in [1.165, 1.54) is 13.2 Å². The maximum atomic E-state index is 11.0. The van der Waals surface area contributed by atoms with E-state index in [9.17, 15) is 4.79 Å². The molecule has 1 rings (SSSR count). The lowest BCUT2D eigenvalue weighted by atomic mass is 10.4. The molecule has 0 fully saturated rings. The van der Waals surface area contributed by atoms with Crippen LogP contribution in [0.4, 0.5) is 0 Å². The van der Waals surface area contributed by atoms with Crippen molar-refractivity contribution in [2.45, 2.75) is 6.61 Å². The Labute approximate surface area is 76.9 Å². The Kier molecular flexibility index (Phi) is 2.88. The van der Waals surface area contributed by atoms with Crippen molar-refractivity contribution < 1.29 is 14.3 Å². The van der Waals surface area contributed by atoms with Crippen LogP contribution in [-0.4, -0.2) is 12.2 Å². The fraction of sp³-hybridized carbons (Fsp3) is 0.286. The lowest BCUT2D eigenvalue weighted by Gasteiger charge is -2.02.